The van der Waals surface area contributed by atoms with Gasteiger partial charge >= 0.3 is 0 Å². The smallest absolute Gasteiger partial charge is 0.129 e. The molecule has 148 valence electrons. The number of hydrogen-bond donors (Lipinski definition) is 2. The van der Waals surface area contributed by atoms with Crippen LogP contribution >= 0.6 is 0 Å². The van der Waals surface area contributed by atoms with Crippen LogP contribution in [0.4, 0.5) is 0 Å². The molecular weight excluding hydrogens is 324 g/mol. The molecular formula is C22H38N2O2. The van der Waals surface area contributed by atoms with E-state index < -0.39 is 0 Å². The van der Waals surface area contributed by atoms with Crippen LogP contribution in [0.1, 0.15) is 71.6 Å². The lowest BCUT2D eigenvalue weighted by atomic mass is 9.45. The average Bonchev–Trinajstić information content (AvgIpc) is 2.96. The fourth-order valence-corrected chi connectivity index (χ4v) is 7.74. The first-order valence-corrected chi connectivity index (χ1v) is 11.0. The predicted molar refractivity (Wildman–Crippen MR) is 105 cm³/mol. The highest BCUT2D eigenvalue weighted by molar-refractivity contribution is 5.62. The molecule has 8 atom stereocenters. The SMILES string of the molecule is C[C@]12CCC(O)CC1CC[C@@H]1[C@H]2CC[C@]2(C)C(/C=N/OCCN)CC[C@@H]12. The molecule has 4 aliphatic carbocycles. The third-order valence-corrected chi connectivity index (χ3v) is 9.24. The van der Waals surface area contributed by atoms with Gasteiger partial charge in [-0.1, -0.05) is 19.0 Å². The summed E-state index contributed by atoms with van der Waals surface area (Å²) in [5.41, 5.74) is 6.36. The highest BCUT2D eigenvalue weighted by Gasteiger charge is 2.59. The van der Waals surface area contributed by atoms with E-state index in [9.17, 15) is 5.11 Å². The molecule has 0 heterocycles. The summed E-state index contributed by atoms with van der Waals surface area (Å²) in [6.07, 6.45) is 13.4. The quantitative estimate of drug-likeness (QED) is 0.452. The highest BCUT2D eigenvalue weighted by Crippen LogP contribution is 2.67. The monoisotopic (exact) mass is 362 g/mol. The number of oxime groups is 1. The minimum absolute atomic E-state index is 0.0425. The lowest BCUT2D eigenvalue weighted by Crippen LogP contribution is -2.54. The van der Waals surface area contributed by atoms with E-state index in [2.05, 4.69) is 25.2 Å². The van der Waals surface area contributed by atoms with E-state index in [4.69, 9.17) is 10.6 Å². The van der Waals surface area contributed by atoms with Crippen molar-refractivity contribution in [2.24, 2.45) is 51.3 Å². The van der Waals surface area contributed by atoms with Gasteiger partial charge in [0.25, 0.3) is 0 Å². The van der Waals surface area contributed by atoms with Crippen LogP contribution in [0.25, 0.3) is 0 Å². The Morgan fingerprint density at radius 1 is 1.04 bits per heavy atom. The van der Waals surface area contributed by atoms with Crippen molar-refractivity contribution >= 4 is 6.21 Å². The fraction of sp³-hybridized carbons (Fsp3) is 0.955. The van der Waals surface area contributed by atoms with Crippen molar-refractivity contribution in [1.29, 1.82) is 0 Å². The minimum Gasteiger partial charge on any atom is -0.395 e. The highest BCUT2D eigenvalue weighted by atomic mass is 16.6. The Labute approximate surface area is 158 Å². The molecule has 0 aromatic rings. The average molecular weight is 363 g/mol. The van der Waals surface area contributed by atoms with Gasteiger partial charge in [0.05, 0.1) is 6.10 Å². The van der Waals surface area contributed by atoms with Crippen molar-refractivity contribution in [3.8, 4) is 0 Å². The molecule has 0 saturated heterocycles. The number of aliphatic hydroxyl groups excluding tert-OH is 1. The molecule has 0 bridgehead atoms. The first-order valence-electron chi connectivity index (χ1n) is 11.0. The maximum Gasteiger partial charge on any atom is 0.129 e. The van der Waals surface area contributed by atoms with E-state index in [1.807, 2.05) is 0 Å². The van der Waals surface area contributed by atoms with Crippen LogP contribution in [0.15, 0.2) is 5.16 Å². The Balaban J connectivity index is 1.50. The van der Waals surface area contributed by atoms with Gasteiger partial charge in [-0.3, -0.25) is 0 Å². The van der Waals surface area contributed by atoms with E-state index in [0.29, 0.717) is 29.9 Å². The van der Waals surface area contributed by atoms with Gasteiger partial charge in [-0.05, 0) is 92.3 Å². The molecule has 3 unspecified atom stereocenters. The molecule has 4 aliphatic rings. The summed E-state index contributed by atoms with van der Waals surface area (Å²) in [5.74, 6) is 3.91. The molecule has 0 aliphatic heterocycles. The Morgan fingerprint density at radius 2 is 1.81 bits per heavy atom. The number of rotatable bonds is 4. The van der Waals surface area contributed by atoms with Gasteiger partial charge in [-0.25, -0.2) is 0 Å². The van der Waals surface area contributed by atoms with E-state index in [1.165, 1.54) is 44.9 Å². The van der Waals surface area contributed by atoms with Crippen molar-refractivity contribution in [2.45, 2.75) is 77.7 Å². The topological polar surface area (TPSA) is 67.8 Å². The Morgan fingerprint density at radius 3 is 2.62 bits per heavy atom. The van der Waals surface area contributed by atoms with Crippen LogP contribution in [0, 0.1) is 40.4 Å². The first-order chi connectivity index (χ1) is 12.5. The van der Waals surface area contributed by atoms with Crippen LogP contribution < -0.4 is 5.73 Å². The second kappa shape index (κ2) is 7.09. The van der Waals surface area contributed by atoms with Crippen molar-refractivity contribution in [3.05, 3.63) is 0 Å². The Kier molecular flexibility index (Phi) is 5.11. The van der Waals surface area contributed by atoms with Crippen molar-refractivity contribution < 1.29 is 9.94 Å². The summed E-state index contributed by atoms with van der Waals surface area (Å²) >= 11 is 0. The number of hydrogen-bond acceptors (Lipinski definition) is 4. The zero-order chi connectivity index (χ0) is 18.4. The maximum absolute atomic E-state index is 10.2. The summed E-state index contributed by atoms with van der Waals surface area (Å²) < 4.78 is 0. The summed E-state index contributed by atoms with van der Waals surface area (Å²) in [6, 6.07) is 0. The van der Waals surface area contributed by atoms with Gasteiger partial charge < -0.3 is 15.7 Å². The van der Waals surface area contributed by atoms with Crippen LogP contribution in [-0.2, 0) is 4.84 Å². The lowest BCUT2D eigenvalue weighted by molar-refractivity contribution is -0.123. The van der Waals surface area contributed by atoms with Crippen molar-refractivity contribution in [3.63, 3.8) is 0 Å². The van der Waals surface area contributed by atoms with Crippen molar-refractivity contribution in [2.75, 3.05) is 13.2 Å². The van der Waals surface area contributed by atoms with E-state index >= 15 is 0 Å². The molecule has 26 heavy (non-hydrogen) atoms. The van der Waals surface area contributed by atoms with Gasteiger partial charge in [-0.15, -0.1) is 0 Å². The summed E-state index contributed by atoms with van der Waals surface area (Å²) in [5, 5.41) is 14.4. The van der Waals surface area contributed by atoms with Gasteiger partial charge in [0.1, 0.15) is 6.61 Å². The van der Waals surface area contributed by atoms with Gasteiger partial charge in [0.15, 0.2) is 0 Å². The molecule has 4 rings (SSSR count). The third kappa shape index (κ3) is 2.92. The molecule has 4 heteroatoms. The van der Waals surface area contributed by atoms with Crippen LogP contribution in [0.5, 0.6) is 0 Å². The Hall–Kier alpha value is -0.610. The summed E-state index contributed by atoms with van der Waals surface area (Å²) in [6.45, 7) is 6.14. The largest absolute Gasteiger partial charge is 0.395 e. The molecule has 4 nitrogen and oxygen atoms in total. The summed E-state index contributed by atoms with van der Waals surface area (Å²) in [7, 11) is 0. The molecule has 0 aromatic carbocycles. The molecule has 0 spiro atoms. The number of nitrogens with two attached hydrogens (primary N) is 1. The maximum atomic E-state index is 10.2. The molecule has 0 aromatic heterocycles. The molecule has 4 saturated carbocycles. The molecule has 0 radical (unpaired) electrons. The molecule has 0 amide bonds. The Bertz CT molecular complexity index is 538. The van der Waals surface area contributed by atoms with Gasteiger partial charge in [0, 0.05) is 18.7 Å². The predicted octanol–water partition coefficient (Wildman–Crippen LogP) is 3.97. The van der Waals surface area contributed by atoms with Gasteiger partial charge in [0.2, 0.25) is 0 Å². The van der Waals surface area contributed by atoms with Gasteiger partial charge in [-0.2, -0.15) is 0 Å². The zero-order valence-corrected chi connectivity index (χ0v) is 16.7. The number of aliphatic hydroxyl groups is 1. The standard InChI is InChI=1S/C22H38N2O2/c1-21-9-7-17(25)13-15(21)3-5-18-19-6-4-16(14-24-26-12-11-23)22(19,2)10-8-20(18)21/h14-20,25H,3-13,23H2,1-2H3/b24-14+/t15?,16?,17?,18-,19-,20+,21-,22+/m0/s1. The van der Waals surface area contributed by atoms with Crippen LogP contribution in [-0.4, -0.2) is 30.6 Å². The third-order valence-electron chi connectivity index (χ3n) is 9.24. The normalized spacial score (nSPS) is 50.9. The second-order valence-electron chi connectivity index (χ2n) is 10.2. The second-order valence-corrected chi connectivity index (χ2v) is 10.2. The number of nitrogens with zero attached hydrogens (tertiary/aromatic N) is 1. The number of fused-ring (bicyclic) bond motifs is 5. The lowest BCUT2D eigenvalue weighted by Gasteiger charge is -2.60. The van der Waals surface area contributed by atoms with E-state index in [1.54, 1.807) is 0 Å². The summed E-state index contributed by atoms with van der Waals surface area (Å²) in [4.78, 5) is 5.29. The zero-order valence-electron chi connectivity index (χ0n) is 16.7. The van der Waals surface area contributed by atoms with Crippen molar-refractivity contribution in [1.82, 2.24) is 0 Å². The molecule has 4 fully saturated rings. The van der Waals surface area contributed by atoms with Crippen LogP contribution in [0.2, 0.25) is 0 Å². The molecule has 3 N–H and O–H groups in total. The fourth-order valence-electron chi connectivity index (χ4n) is 7.74. The first kappa shape index (κ1) is 18.7. The minimum atomic E-state index is -0.0425. The van der Waals surface area contributed by atoms with E-state index in [-0.39, 0.29) is 6.10 Å². The van der Waals surface area contributed by atoms with E-state index in [0.717, 1.165) is 36.5 Å². The van der Waals surface area contributed by atoms with Crippen LogP contribution in [0.3, 0.4) is 0 Å².